The van der Waals surface area contributed by atoms with Crippen LogP contribution in [0.1, 0.15) is 55.3 Å². The van der Waals surface area contributed by atoms with Gasteiger partial charge in [0, 0.05) is 107 Å². The van der Waals surface area contributed by atoms with Crippen LogP contribution in [0.2, 0.25) is 15.2 Å². The van der Waals surface area contributed by atoms with Crippen molar-refractivity contribution in [2.45, 2.75) is 42.0 Å². The second-order valence-corrected chi connectivity index (χ2v) is 22.9. The molecule has 0 atom stereocenters. The second-order valence-electron chi connectivity index (χ2n) is 21.7. The van der Waals surface area contributed by atoms with Crippen LogP contribution in [0.15, 0.2) is 126 Å². The summed E-state index contributed by atoms with van der Waals surface area (Å²) in [7, 11) is 11.2. The molecule has 3 aliphatic heterocycles. The molecule has 9 aromatic rings. The number of morpholine rings is 3. The van der Waals surface area contributed by atoms with E-state index in [1.165, 1.54) is 5.56 Å². The van der Waals surface area contributed by atoms with Gasteiger partial charge in [-0.15, -0.1) is 0 Å². The van der Waals surface area contributed by atoms with E-state index in [4.69, 9.17) is 108 Å². The van der Waals surface area contributed by atoms with Gasteiger partial charge in [-0.25, -0.2) is 15.0 Å². The third-order valence-electron chi connectivity index (χ3n) is 14.7. The van der Waals surface area contributed by atoms with Crippen LogP contribution < -0.4 is 59.4 Å². The molecule has 12 rings (SSSR count). The van der Waals surface area contributed by atoms with Crippen molar-refractivity contribution in [3.05, 3.63) is 164 Å². The minimum absolute atomic E-state index is 0. The molecule has 549 valence electrons. The number of methoxy groups -OCH3 is 7. The number of fused-ring (bicyclic) bond motifs is 3. The van der Waals surface area contributed by atoms with Crippen molar-refractivity contribution < 1.29 is 73.4 Å². The lowest BCUT2D eigenvalue weighted by atomic mass is 10.1. The first-order valence-electron chi connectivity index (χ1n) is 31.1. The zero-order chi connectivity index (χ0) is 71.8. The van der Waals surface area contributed by atoms with Gasteiger partial charge in [0.25, 0.3) is 0 Å². The number of nitrogen functional groups attached to an aromatic ring is 1. The molecule has 3 aromatic heterocycles. The van der Waals surface area contributed by atoms with Crippen LogP contribution in [0, 0.1) is 20.8 Å². The van der Waals surface area contributed by atoms with Crippen molar-refractivity contribution in [3.8, 4) is 40.2 Å². The van der Waals surface area contributed by atoms with E-state index in [-0.39, 0.29) is 24.7 Å². The van der Waals surface area contributed by atoms with Crippen molar-refractivity contribution in [2.75, 3.05) is 150 Å². The second kappa shape index (κ2) is 45.3. The average Bonchev–Trinajstić information content (AvgIpc) is 0.837. The fourth-order valence-corrected chi connectivity index (χ4v) is 10.4. The Bertz CT molecular complexity index is 4130. The van der Waals surface area contributed by atoms with Gasteiger partial charge in [-0.2, -0.15) is 5.10 Å². The maximum absolute atomic E-state index is 10.2. The highest BCUT2D eigenvalue weighted by Crippen LogP contribution is 2.39. The summed E-state index contributed by atoms with van der Waals surface area (Å²) in [5.74, 6) is 3.76. The topological polar surface area (TPSA) is 292 Å². The number of hydrogen-bond donors (Lipinski definition) is 5. The van der Waals surface area contributed by atoms with Gasteiger partial charge in [0.05, 0.1) is 128 Å². The number of ether oxygens (including phenoxy) is 10. The van der Waals surface area contributed by atoms with Crippen LogP contribution in [-0.4, -0.2) is 187 Å². The number of aromatic nitrogens is 3. The molecule has 24 nitrogen and oxygen atoms in total. The van der Waals surface area contributed by atoms with Crippen LogP contribution >= 0.6 is 34.8 Å². The number of anilines is 4. The summed E-state index contributed by atoms with van der Waals surface area (Å²) in [5.41, 5.74) is 17.8. The zero-order valence-electron chi connectivity index (χ0n) is 57.6. The molecule has 6 heterocycles. The largest absolute Gasteiger partial charge is 0.496 e. The van der Waals surface area contributed by atoms with E-state index in [1.807, 2.05) is 105 Å². The van der Waals surface area contributed by atoms with Gasteiger partial charge < -0.3 is 78.4 Å². The Morgan fingerprint density at radius 3 is 1.36 bits per heavy atom. The first-order chi connectivity index (χ1) is 47.7. The molecule has 0 spiro atoms. The third kappa shape index (κ3) is 27.1. The number of aliphatic carboxylic acids is 2. The molecule has 0 bridgehead atoms. The molecule has 3 fully saturated rings. The normalized spacial score (nSPS) is 12.7. The van der Waals surface area contributed by atoms with Gasteiger partial charge >= 0.3 is 11.9 Å². The highest BCUT2D eigenvalue weighted by atomic mass is 35.5. The quantitative estimate of drug-likeness (QED) is 0.0121. The van der Waals surface area contributed by atoms with E-state index >= 15 is 0 Å². The number of aldehydes is 1. The Kier molecular flexibility index (Phi) is 38.5. The molecule has 6 aromatic carbocycles. The van der Waals surface area contributed by atoms with E-state index in [2.05, 4.69) is 49.7 Å². The number of hydrogen-bond acceptors (Lipinski definition) is 22. The lowest BCUT2D eigenvalue weighted by Crippen LogP contribution is -2.36. The number of nitrogens with zero attached hydrogens (tertiary/aromatic N) is 6. The number of halogens is 3. The number of aryl methyl sites for hydroxylation is 3. The summed E-state index contributed by atoms with van der Waals surface area (Å²) in [4.78, 5) is 47.1. The number of carboxylic acids is 2. The van der Waals surface area contributed by atoms with E-state index < -0.39 is 18.4 Å². The Morgan fingerprint density at radius 1 is 0.549 bits per heavy atom. The van der Waals surface area contributed by atoms with Gasteiger partial charge in [-0.1, -0.05) is 109 Å². The summed E-state index contributed by atoms with van der Waals surface area (Å²) < 4.78 is 52.9. The Balaban J connectivity index is 0.000000435. The summed E-state index contributed by atoms with van der Waals surface area (Å²) in [6, 6.07) is 37.8. The first-order valence-corrected chi connectivity index (χ1v) is 32.2. The molecule has 0 unspecified atom stereocenters. The summed E-state index contributed by atoms with van der Waals surface area (Å²) in [5, 5.41) is 27.1. The average molecular weight is 1470 g/mol. The van der Waals surface area contributed by atoms with E-state index in [9.17, 15) is 14.4 Å². The fraction of sp³-hybridized carbons (Fsp3) is 0.338. The summed E-state index contributed by atoms with van der Waals surface area (Å²) >= 11 is 18.3. The number of rotatable bonds is 15. The van der Waals surface area contributed by atoms with Crippen molar-refractivity contribution in [1.29, 1.82) is 0 Å². The third-order valence-corrected chi connectivity index (χ3v) is 15.5. The minimum Gasteiger partial charge on any atom is -0.496 e. The molecule has 102 heavy (non-hydrogen) atoms. The molecular formula is C74H94BCl3N9O15. The van der Waals surface area contributed by atoms with Crippen LogP contribution in [-0.2, 0) is 23.8 Å². The molecule has 6 N–H and O–H groups in total. The number of carbonyl (C=O) groups excluding carboxylic acids is 1. The number of pyridine rings is 3. The van der Waals surface area contributed by atoms with E-state index in [1.54, 1.807) is 74.0 Å². The summed E-state index contributed by atoms with van der Waals surface area (Å²) in [6.45, 7) is 15.9. The van der Waals surface area contributed by atoms with E-state index in [0.717, 1.165) is 137 Å². The maximum atomic E-state index is 10.2. The molecule has 0 aliphatic carbocycles. The Hall–Kier alpha value is -9.60. The van der Waals surface area contributed by atoms with Gasteiger partial charge in [0.1, 0.15) is 35.2 Å². The van der Waals surface area contributed by atoms with Crippen molar-refractivity contribution in [3.63, 3.8) is 0 Å². The number of hydrazone groups is 1. The molecule has 3 radical (unpaired) electrons. The number of nitrogens with two attached hydrogens (primary N) is 1. The molecule has 3 saturated heterocycles. The van der Waals surface area contributed by atoms with Crippen molar-refractivity contribution >= 4 is 123 Å². The van der Waals surface area contributed by atoms with Crippen LogP contribution in [0.3, 0.4) is 0 Å². The highest BCUT2D eigenvalue weighted by Gasteiger charge is 2.20. The van der Waals surface area contributed by atoms with Crippen LogP contribution in [0.25, 0.3) is 32.7 Å². The summed E-state index contributed by atoms with van der Waals surface area (Å²) in [6.07, 6.45) is 1.86. The molecule has 0 amide bonds. The minimum atomic E-state index is -1.31. The Morgan fingerprint density at radius 2 is 0.961 bits per heavy atom. The van der Waals surface area contributed by atoms with Crippen molar-refractivity contribution in [2.24, 2.45) is 5.10 Å². The highest BCUT2D eigenvalue weighted by molar-refractivity contribution is 6.38. The van der Waals surface area contributed by atoms with Crippen LogP contribution in [0.5, 0.6) is 40.2 Å². The maximum Gasteiger partial charge on any atom is 0.314 e. The smallest absolute Gasteiger partial charge is 0.314 e. The molecular weight excluding hydrogens is 1370 g/mol. The fourth-order valence-electron chi connectivity index (χ4n) is 9.67. The number of carboxylic acid groups (broad SMARTS) is 2. The lowest BCUT2D eigenvalue weighted by Gasteiger charge is -2.28. The standard InChI is InChI=1S/C23H26N4O3.C15H17ClN2O3.C11H9Cl2NO2.C8H11NO.C8H8O.C4H9NO.C3H4O4.2CH4.B.H2/c1-16-5-4-6-17(11-16)15-24-26-20-14-23(27-7-9-30-10-8-27)25-19-13-22(29-3)21(28-2)12-18(19)20;1-19-13-7-10-11(16)8-15(18-3-5-21-6-4-18)17-12(10)9-14(13)20-2;1-15-9-3-6-7(12)4-11(13)14-8(6)5-10(9)16-2;1-6-3-4-7(9)5-8(6)10-2;1-7-3-2-4-8(5-7)6-9;1-3-6-4-2-5-1;4-2(5)1-3(6)7;;;;/h4-6,11-15H,7-10H2,1-3H3,(H,25,26);7-9H,3-6H2,1-2H3;3-5H,1-2H3;3-5H,9H2,1-2H3;2-6H,1H3;5H,1-4H2;1H2,(H,4,5)(H,6,7);2*1H4;;1H/b24-15+;;;;;;;;;;. The molecule has 0 saturated carbocycles. The predicted molar refractivity (Wildman–Crippen MR) is 412 cm³/mol. The first kappa shape index (κ1) is 86.6. The molecule has 28 heteroatoms. The zero-order valence-corrected chi connectivity index (χ0v) is 59.8. The van der Waals surface area contributed by atoms with Gasteiger partial charge in [0.2, 0.25) is 0 Å². The number of benzene rings is 6. The predicted octanol–water partition coefficient (Wildman–Crippen LogP) is 13.8. The Labute approximate surface area is 615 Å². The van der Waals surface area contributed by atoms with E-state index in [0.29, 0.717) is 81.6 Å². The number of nitrogens with one attached hydrogen (secondary N) is 2. The lowest BCUT2D eigenvalue weighted by molar-refractivity contribution is -0.147. The number of carbonyl (C=O) groups is 3. The van der Waals surface area contributed by atoms with Gasteiger partial charge in [0.15, 0.2) is 34.5 Å². The van der Waals surface area contributed by atoms with Crippen molar-refractivity contribution in [1.82, 2.24) is 20.3 Å². The van der Waals surface area contributed by atoms with Crippen LogP contribution in [0.4, 0.5) is 23.0 Å². The monoisotopic (exact) mass is 1460 g/mol. The van der Waals surface area contributed by atoms with Gasteiger partial charge in [-0.3, -0.25) is 19.8 Å². The SMILES string of the molecule is C.C.C1COCCN1.COc1cc(N)ccc1C.COc1cc2nc(Cl)cc(Cl)c2cc1OC.COc1cc2nc(N3CCOCC3)cc(Cl)c2cc1OC.COc1cc2nc(N3CCOCC3)cc(N/N=C/c3cccc(C)c3)c2cc1OC.Cc1cccc(C=O)c1.O=C(O)CC(=O)O.[B].[HH]. The molecule has 3 aliphatic rings. The van der Waals surface area contributed by atoms with Gasteiger partial charge in [-0.05, 0) is 74.4 Å².